The van der Waals surface area contributed by atoms with Crippen LogP contribution < -0.4 is 0 Å². The van der Waals surface area contributed by atoms with Crippen LogP contribution in [0.3, 0.4) is 0 Å². The Labute approximate surface area is 198 Å². The highest BCUT2D eigenvalue weighted by Crippen LogP contribution is 2.46. The summed E-state index contributed by atoms with van der Waals surface area (Å²) in [7, 11) is 5.59. The fourth-order valence-corrected chi connectivity index (χ4v) is 9.91. The van der Waals surface area contributed by atoms with E-state index in [1.54, 1.807) is 14.2 Å². The van der Waals surface area contributed by atoms with Crippen molar-refractivity contribution in [2.75, 3.05) is 53.0 Å². The minimum Gasteiger partial charge on any atom is -0.382 e. The zero-order valence-corrected chi connectivity index (χ0v) is 22.0. The van der Waals surface area contributed by atoms with Gasteiger partial charge in [-0.2, -0.15) is 0 Å². The third-order valence-electron chi connectivity index (χ3n) is 7.58. The standard InChI is InChI=1S/C24H44O6P2/c1-25-15-17-9-11-27-23(29-17)19-5-3-7-21(19)31-13-14-32-22-8-4-6-20(22)24-28-12-10-18(30-24)16-26-2/h17-24,31-32H,3-16H2,1-2H3/t17-,18-,19-,20+,21?,22?,23?,24?/m0/s1. The third kappa shape index (κ3) is 7.08. The fraction of sp³-hybridized carbons (Fsp3) is 1.00. The van der Waals surface area contributed by atoms with Crippen LogP contribution in [0.5, 0.6) is 0 Å². The minimum absolute atomic E-state index is 0.00814. The lowest BCUT2D eigenvalue weighted by Crippen LogP contribution is -2.41. The number of hydrogen-bond donors (Lipinski definition) is 0. The number of ether oxygens (including phenoxy) is 6. The lowest BCUT2D eigenvalue weighted by molar-refractivity contribution is -0.241. The first-order chi connectivity index (χ1) is 15.8. The summed E-state index contributed by atoms with van der Waals surface area (Å²) in [4.78, 5) is 0. The Kier molecular flexibility index (Phi) is 11.0. The van der Waals surface area contributed by atoms with Crippen molar-refractivity contribution >= 4 is 17.2 Å². The van der Waals surface area contributed by atoms with Gasteiger partial charge in [-0.25, -0.2) is 0 Å². The molecule has 0 radical (unpaired) electrons. The van der Waals surface area contributed by atoms with Gasteiger partial charge in [-0.05, 0) is 62.2 Å². The summed E-state index contributed by atoms with van der Waals surface area (Å²) in [6.07, 6.45) is 12.9. The Morgan fingerprint density at radius 1 is 0.656 bits per heavy atom. The Morgan fingerprint density at radius 3 is 1.56 bits per heavy atom. The van der Waals surface area contributed by atoms with E-state index >= 15 is 0 Å². The smallest absolute Gasteiger partial charge is 0.161 e. The van der Waals surface area contributed by atoms with Crippen molar-refractivity contribution in [2.45, 2.75) is 87.5 Å². The van der Waals surface area contributed by atoms with Crippen molar-refractivity contribution in [3.8, 4) is 0 Å². The molecule has 4 fully saturated rings. The van der Waals surface area contributed by atoms with Crippen LogP contribution in [-0.2, 0) is 28.4 Å². The SMILES string of the molecule is COC[C@@H]1CCOC([C@H]2CCCC2PCCPC2CCC[C@H]2C2OCC[C@@H](COC)O2)O1. The Morgan fingerprint density at radius 2 is 1.12 bits per heavy atom. The average Bonchev–Trinajstić information content (AvgIpc) is 3.47. The van der Waals surface area contributed by atoms with Crippen LogP contribution in [0, 0.1) is 11.8 Å². The molecule has 2 saturated carbocycles. The van der Waals surface area contributed by atoms with E-state index in [-0.39, 0.29) is 24.8 Å². The summed E-state index contributed by atoms with van der Waals surface area (Å²) in [5, 5.41) is 0. The summed E-state index contributed by atoms with van der Waals surface area (Å²) >= 11 is 0. The molecule has 2 aliphatic carbocycles. The molecule has 186 valence electrons. The zero-order chi connectivity index (χ0) is 22.2. The van der Waals surface area contributed by atoms with Gasteiger partial charge in [0.25, 0.3) is 0 Å². The quantitative estimate of drug-likeness (QED) is 0.319. The Balaban J connectivity index is 1.18. The summed E-state index contributed by atoms with van der Waals surface area (Å²) in [5.41, 5.74) is 1.57. The molecule has 0 bridgehead atoms. The monoisotopic (exact) mass is 490 g/mol. The van der Waals surface area contributed by atoms with Crippen LogP contribution in [-0.4, -0.2) is 89.1 Å². The Hall–Kier alpha value is 0.620. The highest BCUT2D eigenvalue weighted by Gasteiger charge is 2.39. The van der Waals surface area contributed by atoms with Gasteiger partial charge in [0.05, 0.1) is 38.6 Å². The fourth-order valence-electron chi connectivity index (χ4n) is 5.94. The molecule has 0 amide bonds. The van der Waals surface area contributed by atoms with Crippen molar-refractivity contribution in [1.29, 1.82) is 0 Å². The van der Waals surface area contributed by atoms with Crippen molar-refractivity contribution < 1.29 is 28.4 Å². The maximum atomic E-state index is 6.26. The molecular weight excluding hydrogens is 446 g/mol. The minimum atomic E-state index is -0.00814. The molecular formula is C24H44O6P2. The van der Waals surface area contributed by atoms with Crippen LogP contribution >= 0.6 is 17.2 Å². The predicted molar refractivity (Wildman–Crippen MR) is 131 cm³/mol. The molecule has 2 heterocycles. The molecule has 0 aromatic rings. The summed E-state index contributed by atoms with van der Waals surface area (Å²) < 4.78 is 35.3. The highest BCUT2D eigenvalue weighted by atomic mass is 31.1. The topological polar surface area (TPSA) is 55.4 Å². The second-order valence-electron chi connectivity index (χ2n) is 9.79. The van der Waals surface area contributed by atoms with Crippen molar-refractivity contribution in [3.05, 3.63) is 0 Å². The van der Waals surface area contributed by atoms with Gasteiger partial charge in [0.2, 0.25) is 0 Å². The van der Waals surface area contributed by atoms with Crippen LogP contribution in [0.25, 0.3) is 0 Å². The van der Waals surface area contributed by atoms with E-state index in [4.69, 9.17) is 28.4 Å². The van der Waals surface area contributed by atoms with Gasteiger partial charge in [0.1, 0.15) is 0 Å². The molecule has 4 aliphatic rings. The largest absolute Gasteiger partial charge is 0.382 e. The van der Waals surface area contributed by atoms with Crippen LogP contribution in [0.15, 0.2) is 0 Å². The average molecular weight is 491 g/mol. The summed E-state index contributed by atoms with van der Waals surface area (Å²) in [5.74, 6) is 1.16. The first-order valence-electron chi connectivity index (χ1n) is 12.8. The van der Waals surface area contributed by atoms with Crippen molar-refractivity contribution in [2.24, 2.45) is 11.8 Å². The lowest BCUT2D eigenvalue weighted by Gasteiger charge is -2.36. The molecule has 0 N–H and O–H groups in total. The molecule has 0 aromatic carbocycles. The highest BCUT2D eigenvalue weighted by molar-refractivity contribution is 7.43. The number of methoxy groups -OCH3 is 2. The predicted octanol–water partition coefficient (Wildman–Crippen LogP) is 4.24. The first-order valence-corrected chi connectivity index (χ1v) is 15.3. The van der Waals surface area contributed by atoms with E-state index in [2.05, 4.69) is 0 Å². The first kappa shape index (κ1) is 25.7. The second kappa shape index (κ2) is 13.6. The van der Waals surface area contributed by atoms with Gasteiger partial charge in [-0.15, -0.1) is 17.2 Å². The van der Waals surface area contributed by atoms with Gasteiger partial charge in [-0.1, -0.05) is 12.8 Å². The van der Waals surface area contributed by atoms with Crippen molar-refractivity contribution in [1.82, 2.24) is 0 Å². The lowest BCUT2D eigenvalue weighted by atomic mass is 10.1. The van der Waals surface area contributed by atoms with Crippen molar-refractivity contribution in [3.63, 3.8) is 0 Å². The van der Waals surface area contributed by atoms with Crippen LogP contribution in [0.2, 0.25) is 0 Å². The number of hydrogen-bond acceptors (Lipinski definition) is 6. The molecule has 32 heavy (non-hydrogen) atoms. The molecule has 0 spiro atoms. The van der Waals surface area contributed by atoms with E-state index < -0.39 is 0 Å². The molecule has 0 aromatic heterocycles. The van der Waals surface area contributed by atoms with E-state index in [0.29, 0.717) is 25.0 Å². The molecule has 10 atom stereocenters. The molecule has 8 heteroatoms. The van der Waals surface area contributed by atoms with Gasteiger partial charge in [0.15, 0.2) is 12.6 Å². The van der Waals surface area contributed by atoms with Crippen LogP contribution in [0.1, 0.15) is 51.4 Å². The van der Waals surface area contributed by atoms with E-state index in [0.717, 1.165) is 54.5 Å². The maximum absolute atomic E-state index is 6.26. The molecule has 6 unspecified atom stereocenters. The summed E-state index contributed by atoms with van der Waals surface area (Å²) in [6.45, 7) is 2.99. The van der Waals surface area contributed by atoms with Gasteiger partial charge < -0.3 is 28.4 Å². The van der Waals surface area contributed by atoms with Crippen LogP contribution in [0.4, 0.5) is 0 Å². The van der Waals surface area contributed by atoms with Gasteiger partial charge in [-0.3, -0.25) is 0 Å². The molecule has 2 saturated heterocycles. The molecule has 6 nitrogen and oxygen atoms in total. The normalized spacial score (nSPS) is 41.4. The molecule has 2 aliphatic heterocycles. The summed E-state index contributed by atoms with van der Waals surface area (Å²) in [6, 6.07) is 0. The second-order valence-corrected chi connectivity index (χ2v) is 13.1. The Bertz CT molecular complexity index is 491. The van der Waals surface area contributed by atoms with Gasteiger partial charge >= 0.3 is 0 Å². The van der Waals surface area contributed by atoms with E-state index in [1.165, 1.54) is 50.8 Å². The third-order valence-corrected chi connectivity index (χ3v) is 11.6. The number of rotatable bonds is 11. The zero-order valence-electron chi connectivity index (χ0n) is 20.0. The van der Waals surface area contributed by atoms with Gasteiger partial charge in [0, 0.05) is 26.1 Å². The maximum Gasteiger partial charge on any atom is 0.161 e. The van der Waals surface area contributed by atoms with E-state index in [1.807, 2.05) is 0 Å². The van der Waals surface area contributed by atoms with E-state index in [9.17, 15) is 0 Å². The molecule has 4 rings (SSSR count).